The molecular formula is C27H33NO4. The van der Waals surface area contributed by atoms with E-state index in [4.69, 9.17) is 18.9 Å². The molecule has 1 aliphatic rings. The summed E-state index contributed by atoms with van der Waals surface area (Å²) in [5.74, 6) is 3.43. The fourth-order valence-electron chi connectivity index (χ4n) is 5.37. The average molecular weight is 436 g/mol. The first-order valence-electron chi connectivity index (χ1n) is 11.0. The van der Waals surface area contributed by atoms with Crippen molar-refractivity contribution >= 4 is 10.8 Å². The molecular weight excluding hydrogens is 402 g/mol. The van der Waals surface area contributed by atoms with Gasteiger partial charge in [0.1, 0.15) is 23.0 Å². The molecule has 0 saturated carbocycles. The van der Waals surface area contributed by atoms with Crippen LogP contribution in [0.25, 0.3) is 10.8 Å². The lowest BCUT2D eigenvalue weighted by molar-refractivity contribution is 0.160. The minimum atomic E-state index is 0.121. The summed E-state index contributed by atoms with van der Waals surface area (Å²) in [5, 5.41) is 2.15. The summed E-state index contributed by atoms with van der Waals surface area (Å²) in [6, 6.07) is 13.0. The normalized spacial score (nSPS) is 20.7. The van der Waals surface area contributed by atoms with Crippen molar-refractivity contribution in [2.24, 2.45) is 0 Å². The zero-order valence-corrected chi connectivity index (χ0v) is 20.3. The van der Waals surface area contributed by atoms with Crippen LogP contribution in [-0.4, -0.2) is 46.4 Å². The monoisotopic (exact) mass is 435 g/mol. The van der Waals surface area contributed by atoms with Crippen LogP contribution in [0, 0.1) is 6.92 Å². The first kappa shape index (κ1) is 22.3. The lowest BCUT2D eigenvalue weighted by Gasteiger charge is -2.44. The Morgan fingerprint density at radius 3 is 2.09 bits per heavy atom. The van der Waals surface area contributed by atoms with Gasteiger partial charge < -0.3 is 18.9 Å². The molecule has 1 aliphatic heterocycles. The van der Waals surface area contributed by atoms with Gasteiger partial charge in [-0.1, -0.05) is 12.1 Å². The van der Waals surface area contributed by atoms with Crippen molar-refractivity contribution in [3.63, 3.8) is 0 Å². The number of nitrogens with zero attached hydrogens (tertiary/aromatic N) is 1. The van der Waals surface area contributed by atoms with Crippen molar-refractivity contribution in [1.29, 1.82) is 0 Å². The maximum Gasteiger partial charge on any atom is 0.130 e. The lowest BCUT2D eigenvalue weighted by Crippen LogP contribution is -2.42. The van der Waals surface area contributed by atoms with E-state index in [1.807, 2.05) is 12.1 Å². The maximum atomic E-state index is 5.84. The van der Waals surface area contributed by atoms with Gasteiger partial charge >= 0.3 is 0 Å². The minimum absolute atomic E-state index is 0.121. The minimum Gasteiger partial charge on any atom is -0.497 e. The van der Waals surface area contributed by atoms with Crippen molar-refractivity contribution in [2.75, 3.05) is 35.5 Å². The molecule has 5 nitrogen and oxygen atoms in total. The van der Waals surface area contributed by atoms with Gasteiger partial charge in [0.25, 0.3) is 0 Å². The molecule has 5 heteroatoms. The molecule has 170 valence electrons. The molecule has 0 aromatic heterocycles. The van der Waals surface area contributed by atoms with Gasteiger partial charge in [-0.05, 0) is 68.1 Å². The number of fused-ring (bicyclic) bond motifs is 2. The molecule has 32 heavy (non-hydrogen) atoms. The summed E-state index contributed by atoms with van der Waals surface area (Å²) in [4.78, 5) is 2.43. The molecule has 1 heterocycles. The van der Waals surface area contributed by atoms with Gasteiger partial charge in [-0.3, -0.25) is 4.90 Å². The van der Waals surface area contributed by atoms with E-state index in [0.717, 1.165) is 33.8 Å². The van der Waals surface area contributed by atoms with Gasteiger partial charge in [0.15, 0.2) is 0 Å². The SMILES string of the molecule is COc1cc(OC)c2c(c1)[C@H](c1c(C)cc(OC)c3c(OC)cccc13)[C@H](C)N(C)[C@@H]2C. The van der Waals surface area contributed by atoms with Crippen LogP contribution in [0.3, 0.4) is 0 Å². The van der Waals surface area contributed by atoms with Crippen LogP contribution in [-0.2, 0) is 0 Å². The molecule has 0 aliphatic carbocycles. The smallest absolute Gasteiger partial charge is 0.130 e. The number of rotatable bonds is 5. The van der Waals surface area contributed by atoms with Gasteiger partial charge in [0.05, 0.1) is 33.8 Å². The third kappa shape index (κ3) is 3.27. The largest absolute Gasteiger partial charge is 0.497 e. The van der Waals surface area contributed by atoms with Crippen LogP contribution in [0.4, 0.5) is 0 Å². The number of benzene rings is 3. The van der Waals surface area contributed by atoms with E-state index in [2.05, 4.69) is 57.0 Å². The Kier molecular flexibility index (Phi) is 5.95. The molecule has 3 aromatic rings. The Labute approximate surface area is 190 Å². The molecule has 0 N–H and O–H groups in total. The zero-order valence-electron chi connectivity index (χ0n) is 20.3. The second-order valence-corrected chi connectivity index (χ2v) is 8.58. The van der Waals surface area contributed by atoms with E-state index < -0.39 is 0 Å². The number of hydrogen-bond acceptors (Lipinski definition) is 5. The molecule has 0 spiro atoms. The fourth-order valence-corrected chi connectivity index (χ4v) is 5.37. The van der Waals surface area contributed by atoms with Crippen molar-refractivity contribution < 1.29 is 18.9 Å². The predicted octanol–water partition coefficient (Wildman–Crippen LogP) is 5.71. The van der Waals surface area contributed by atoms with Crippen LogP contribution in [0.15, 0.2) is 36.4 Å². The molecule has 0 unspecified atom stereocenters. The summed E-state index contributed by atoms with van der Waals surface area (Å²) in [5.41, 5.74) is 4.93. The van der Waals surface area contributed by atoms with Crippen LogP contribution < -0.4 is 18.9 Å². The number of ether oxygens (including phenoxy) is 4. The molecule has 0 amide bonds. The summed E-state index contributed by atoms with van der Waals surface area (Å²) in [6.07, 6.45) is 0. The van der Waals surface area contributed by atoms with Crippen LogP contribution in [0.1, 0.15) is 48.1 Å². The van der Waals surface area contributed by atoms with E-state index in [1.165, 1.54) is 22.3 Å². The molecule has 3 aromatic carbocycles. The van der Waals surface area contributed by atoms with E-state index >= 15 is 0 Å². The van der Waals surface area contributed by atoms with E-state index in [0.29, 0.717) is 0 Å². The van der Waals surface area contributed by atoms with Gasteiger partial charge in [0.2, 0.25) is 0 Å². The number of hydrogen-bond donors (Lipinski definition) is 0. The summed E-state index contributed by atoms with van der Waals surface area (Å²) in [6.45, 7) is 6.70. The number of likely N-dealkylation sites (N-methyl/N-ethyl adjacent to an activating group) is 1. The summed E-state index contributed by atoms with van der Waals surface area (Å²) >= 11 is 0. The highest BCUT2D eigenvalue weighted by atomic mass is 16.5. The molecule has 0 fully saturated rings. The van der Waals surface area contributed by atoms with Crippen LogP contribution >= 0.6 is 0 Å². The van der Waals surface area contributed by atoms with Gasteiger partial charge in [-0.2, -0.15) is 0 Å². The average Bonchev–Trinajstić information content (AvgIpc) is 2.82. The Morgan fingerprint density at radius 2 is 1.47 bits per heavy atom. The quantitative estimate of drug-likeness (QED) is 0.513. The van der Waals surface area contributed by atoms with Crippen LogP contribution in [0.2, 0.25) is 0 Å². The third-order valence-electron chi connectivity index (χ3n) is 7.18. The van der Waals surface area contributed by atoms with E-state index in [9.17, 15) is 0 Å². The van der Waals surface area contributed by atoms with E-state index in [-0.39, 0.29) is 18.0 Å². The standard InChI is InChI=1S/C27H33NO4/c1-15-12-22(31-7)27-19(10-9-11-21(27)30-6)24(15)26-17(3)28(4)16(2)25-20(26)13-18(29-5)14-23(25)32-8/h9-14,16-17,26H,1-8H3/t16-,17+,26-/m1/s1. The molecule has 3 atom stereocenters. The van der Waals surface area contributed by atoms with Gasteiger partial charge in [-0.25, -0.2) is 0 Å². The Hall–Kier alpha value is -2.92. The molecule has 4 rings (SSSR count). The van der Waals surface area contributed by atoms with Crippen molar-refractivity contribution in [2.45, 2.75) is 38.8 Å². The summed E-state index contributed by atoms with van der Waals surface area (Å²) in [7, 11) is 9.04. The number of methoxy groups -OCH3 is 4. The maximum absolute atomic E-state index is 5.84. The third-order valence-corrected chi connectivity index (χ3v) is 7.18. The second kappa shape index (κ2) is 8.55. The van der Waals surface area contributed by atoms with Crippen molar-refractivity contribution in [3.8, 4) is 23.0 Å². The molecule has 0 bridgehead atoms. The predicted molar refractivity (Wildman–Crippen MR) is 129 cm³/mol. The molecule has 0 saturated heterocycles. The van der Waals surface area contributed by atoms with Gasteiger partial charge in [-0.15, -0.1) is 0 Å². The van der Waals surface area contributed by atoms with Gasteiger partial charge in [0, 0.05) is 29.6 Å². The first-order valence-corrected chi connectivity index (χ1v) is 11.0. The van der Waals surface area contributed by atoms with E-state index in [1.54, 1.807) is 28.4 Å². The highest BCUT2D eigenvalue weighted by Crippen LogP contribution is 2.51. The zero-order chi connectivity index (χ0) is 23.2. The highest BCUT2D eigenvalue weighted by molar-refractivity contribution is 5.97. The second-order valence-electron chi connectivity index (χ2n) is 8.58. The topological polar surface area (TPSA) is 40.2 Å². The Morgan fingerprint density at radius 1 is 0.781 bits per heavy atom. The number of aryl methyl sites for hydroxylation is 1. The highest BCUT2D eigenvalue weighted by Gasteiger charge is 2.39. The fraction of sp³-hybridized carbons (Fsp3) is 0.407. The summed E-state index contributed by atoms with van der Waals surface area (Å²) < 4.78 is 23.0. The Balaban J connectivity index is 2.11. The first-order chi connectivity index (χ1) is 15.4. The Bertz CT molecular complexity index is 1160. The molecule has 0 radical (unpaired) electrons. The van der Waals surface area contributed by atoms with Crippen LogP contribution in [0.5, 0.6) is 23.0 Å². The lowest BCUT2D eigenvalue weighted by atomic mass is 9.74. The van der Waals surface area contributed by atoms with Crippen molar-refractivity contribution in [3.05, 3.63) is 58.7 Å². The van der Waals surface area contributed by atoms with Crippen molar-refractivity contribution in [1.82, 2.24) is 4.90 Å².